The van der Waals surface area contributed by atoms with Crippen LogP contribution in [0.2, 0.25) is 0 Å². The molecule has 1 aliphatic heterocycles. The minimum atomic E-state index is -3.65. The van der Waals surface area contributed by atoms with Gasteiger partial charge in [0.1, 0.15) is 0 Å². The molecule has 1 N–H and O–H groups in total. The van der Waals surface area contributed by atoms with Crippen LogP contribution in [0, 0.1) is 0 Å². The zero-order chi connectivity index (χ0) is 20.4. The minimum Gasteiger partial charge on any atom is -0.352 e. The third-order valence-electron chi connectivity index (χ3n) is 4.43. The molecular formula is C17H19N7O3S2. The summed E-state index contributed by atoms with van der Waals surface area (Å²) in [5.74, 6) is 1.14. The summed E-state index contributed by atoms with van der Waals surface area (Å²) in [5, 5.41) is 11.3. The van der Waals surface area contributed by atoms with Crippen molar-refractivity contribution in [2.45, 2.75) is 11.1 Å². The third-order valence-corrected chi connectivity index (χ3v) is 7.68. The number of anilines is 2. The van der Waals surface area contributed by atoms with Crippen molar-refractivity contribution in [3.63, 3.8) is 0 Å². The number of aromatic nitrogens is 4. The fraction of sp³-hybridized carbons (Fsp3) is 0.294. The predicted octanol–water partition coefficient (Wildman–Crippen LogP) is 1.19. The Morgan fingerprint density at radius 1 is 1.07 bits per heavy atom. The van der Waals surface area contributed by atoms with E-state index in [9.17, 15) is 13.2 Å². The number of thiazole rings is 1. The second-order valence-electron chi connectivity index (χ2n) is 6.40. The fourth-order valence-electron chi connectivity index (χ4n) is 2.98. The number of rotatable bonds is 5. The maximum Gasteiger partial charge on any atom is 0.254 e. The molecule has 0 atom stereocenters. The molecule has 10 nitrogen and oxygen atoms in total. The number of nitrogens with zero attached hydrogens (tertiary/aromatic N) is 6. The van der Waals surface area contributed by atoms with E-state index in [0.29, 0.717) is 32.0 Å². The van der Waals surface area contributed by atoms with Crippen LogP contribution in [0.4, 0.5) is 10.9 Å². The lowest BCUT2D eigenvalue weighted by molar-refractivity contribution is -0.114. The Morgan fingerprint density at radius 2 is 1.72 bits per heavy atom. The number of nitrogens with one attached hydrogen (secondary N) is 1. The van der Waals surface area contributed by atoms with Gasteiger partial charge < -0.3 is 14.8 Å². The van der Waals surface area contributed by atoms with Gasteiger partial charge in [0.15, 0.2) is 21.0 Å². The number of carbonyl (C=O) groups is 1. The Hall–Kier alpha value is -2.83. The van der Waals surface area contributed by atoms with E-state index in [1.54, 1.807) is 0 Å². The number of amides is 1. The van der Waals surface area contributed by atoms with Gasteiger partial charge in [-0.05, 0) is 24.3 Å². The maximum atomic E-state index is 12.8. The van der Waals surface area contributed by atoms with Gasteiger partial charge in [-0.3, -0.25) is 4.79 Å². The molecule has 0 aromatic carbocycles. The average Bonchev–Trinajstić information content (AvgIpc) is 3.40. The quantitative estimate of drug-likeness (QED) is 0.643. The monoisotopic (exact) mass is 433 g/mol. The molecular weight excluding hydrogens is 414 g/mol. The first kappa shape index (κ1) is 19.5. The Labute approximate surface area is 171 Å². The summed E-state index contributed by atoms with van der Waals surface area (Å²) in [4.78, 5) is 17.1. The summed E-state index contributed by atoms with van der Waals surface area (Å²) in [5.41, 5.74) is 0. The van der Waals surface area contributed by atoms with Crippen molar-refractivity contribution < 1.29 is 13.2 Å². The van der Waals surface area contributed by atoms with E-state index in [2.05, 4.69) is 20.5 Å². The van der Waals surface area contributed by atoms with E-state index in [-0.39, 0.29) is 15.2 Å². The molecule has 12 heteroatoms. The summed E-state index contributed by atoms with van der Waals surface area (Å²) in [7, 11) is -3.65. The lowest BCUT2D eigenvalue weighted by Crippen LogP contribution is -2.48. The largest absolute Gasteiger partial charge is 0.352 e. The second-order valence-corrected chi connectivity index (χ2v) is 9.59. The van der Waals surface area contributed by atoms with E-state index < -0.39 is 10.0 Å². The highest BCUT2D eigenvalue weighted by atomic mass is 32.2. The van der Waals surface area contributed by atoms with Crippen molar-refractivity contribution in [1.29, 1.82) is 0 Å². The van der Waals surface area contributed by atoms with Crippen LogP contribution in [0.1, 0.15) is 6.92 Å². The summed E-state index contributed by atoms with van der Waals surface area (Å²) in [6.07, 6.45) is 5.07. The van der Waals surface area contributed by atoms with Gasteiger partial charge in [-0.25, -0.2) is 13.4 Å². The fourth-order valence-corrected chi connectivity index (χ4v) is 5.64. The van der Waals surface area contributed by atoms with E-state index in [4.69, 9.17) is 0 Å². The predicted molar refractivity (Wildman–Crippen MR) is 109 cm³/mol. The Bertz CT molecular complexity index is 1090. The van der Waals surface area contributed by atoms with Gasteiger partial charge in [-0.15, -0.1) is 10.2 Å². The minimum absolute atomic E-state index is 0.116. The summed E-state index contributed by atoms with van der Waals surface area (Å²) < 4.78 is 29.1. The van der Waals surface area contributed by atoms with E-state index in [1.807, 2.05) is 46.1 Å². The van der Waals surface area contributed by atoms with Crippen LogP contribution in [-0.4, -0.2) is 64.6 Å². The van der Waals surface area contributed by atoms with Crippen LogP contribution in [-0.2, 0) is 14.8 Å². The molecule has 0 saturated carbocycles. The highest BCUT2D eigenvalue weighted by Crippen LogP contribution is 2.27. The first-order valence-corrected chi connectivity index (χ1v) is 11.1. The van der Waals surface area contributed by atoms with Crippen molar-refractivity contribution in [3.05, 3.63) is 42.9 Å². The molecule has 1 amide bonds. The van der Waals surface area contributed by atoms with Gasteiger partial charge in [-0.1, -0.05) is 11.3 Å². The third kappa shape index (κ3) is 4.13. The molecule has 1 aliphatic rings. The van der Waals surface area contributed by atoms with Crippen LogP contribution >= 0.6 is 11.3 Å². The Balaban J connectivity index is 1.41. The number of carbonyl (C=O) groups excluding carboxylic acids is 1. The molecule has 0 bridgehead atoms. The van der Waals surface area contributed by atoms with Crippen LogP contribution in [0.3, 0.4) is 0 Å². The summed E-state index contributed by atoms with van der Waals surface area (Å²) >= 11 is 0.948. The Morgan fingerprint density at radius 3 is 2.34 bits per heavy atom. The van der Waals surface area contributed by atoms with Gasteiger partial charge in [0.25, 0.3) is 10.0 Å². The second kappa shape index (κ2) is 7.89. The highest BCUT2D eigenvalue weighted by molar-refractivity contribution is 7.91. The standard InChI is InChI=1S/C17H19N7O3S2/c1-13(25)19-17-18-12-16(28-17)29(26,27)24-10-8-23(9-11-24)15-5-4-14(20-21-15)22-6-2-3-7-22/h2-7,12H,8-11H2,1H3,(H,18,19,25). The zero-order valence-corrected chi connectivity index (χ0v) is 17.2. The van der Waals surface area contributed by atoms with E-state index in [0.717, 1.165) is 17.2 Å². The molecule has 4 heterocycles. The molecule has 152 valence electrons. The molecule has 0 unspecified atom stereocenters. The van der Waals surface area contributed by atoms with Gasteiger partial charge in [0.2, 0.25) is 5.91 Å². The average molecular weight is 434 g/mol. The van der Waals surface area contributed by atoms with E-state index >= 15 is 0 Å². The SMILES string of the molecule is CC(=O)Nc1ncc(S(=O)(=O)N2CCN(c3ccc(-n4cccc4)nn3)CC2)s1. The summed E-state index contributed by atoms with van der Waals surface area (Å²) in [6, 6.07) is 7.59. The molecule has 1 fully saturated rings. The number of piperazine rings is 1. The first-order chi connectivity index (χ1) is 13.9. The van der Waals surface area contributed by atoms with Crippen molar-refractivity contribution in [2.24, 2.45) is 0 Å². The molecule has 0 spiro atoms. The van der Waals surface area contributed by atoms with Gasteiger partial charge in [0, 0.05) is 45.5 Å². The van der Waals surface area contributed by atoms with Gasteiger partial charge in [-0.2, -0.15) is 4.31 Å². The number of sulfonamides is 1. The topological polar surface area (TPSA) is 113 Å². The molecule has 29 heavy (non-hydrogen) atoms. The van der Waals surface area contributed by atoms with Crippen molar-refractivity contribution in [3.8, 4) is 5.82 Å². The molecule has 3 aromatic rings. The van der Waals surface area contributed by atoms with Crippen molar-refractivity contribution in [1.82, 2.24) is 24.1 Å². The van der Waals surface area contributed by atoms with Crippen LogP contribution in [0.5, 0.6) is 0 Å². The molecule has 0 radical (unpaired) electrons. The van der Waals surface area contributed by atoms with Crippen LogP contribution in [0.15, 0.2) is 47.1 Å². The van der Waals surface area contributed by atoms with Crippen molar-refractivity contribution >= 4 is 38.2 Å². The van der Waals surface area contributed by atoms with Gasteiger partial charge >= 0.3 is 0 Å². The summed E-state index contributed by atoms with van der Waals surface area (Å²) in [6.45, 7) is 3.03. The number of hydrogen-bond acceptors (Lipinski definition) is 8. The van der Waals surface area contributed by atoms with Crippen LogP contribution in [0.25, 0.3) is 5.82 Å². The van der Waals surface area contributed by atoms with Crippen molar-refractivity contribution in [2.75, 3.05) is 36.4 Å². The molecule has 0 aliphatic carbocycles. The number of hydrogen-bond donors (Lipinski definition) is 1. The zero-order valence-electron chi connectivity index (χ0n) is 15.6. The highest BCUT2D eigenvalue weighted by Gasteiger charge is 2.30. The molecule has 1 saturated heterocycles. The normalized spacial score (nSPS) is 15.4. The van der Waals surface area contributed by atoms with Gasteiger partial charge in [0.05, 0.1) is 6.20 Å². The Kier molecular flexibility index (Phi) is 5.30. The first-order valence-electron chi connectivity index (χ1n) is 8.89. The molecule has 4 rings (SSSR count). The molecule has 3 aromatic heterocycles. The lowest BCUT2D eigenvalue weighted by Gasteiger charge is -2.34. The van der Waals surface area contributed by atoms with Crippen LogP contribution < -0.4 is 10.2 Å². The maximum absolute atomic E-state index is 12.8. The lowest BCUT2D eigenvalue weighted by atomic mass is 10.3. The smallest absolute Gasteiger partial charge is 0.254 e. The van der Waals surface area contributed by atoms with E-state index in [1.165, 1.54) is 17.4 Å².